The fraction of sp³-hybridized carbons (Fsp3) is 0.458. The molecule has 1 aliphatic carbocycles. The molecular weight excluding hydrogens is 801 g/mol. The fourth-order valence-electron chi connectivity index (χ4n) is 10.9. The molecule has 6 atom stereocenters. The molecule has 0 radical (unpaired) electrons. The molecule has 0 spiro atoms. The highest BCUT2D eigenvalue weighted by Crippen LogP contribution is 2.50. The molecule has 15 heteroatoms. The number of alkyl carbamates (subject to hydrolysis) is 2. The van der Waals surface area contributed by atoms with Crippen molar-refractivity contribution in [2.24, 2.45) is 17.8 Å². The highest BCUT2D eigenvalue weighted by molar-refractivity contribution is 6.07. The topological polar surface area (TPSA) is 184 Å². The Kier molecular flexibility index (Phi) is 10.7. The summed E-state index contributed by atoms with van der Waals surface area (Å²) in [5, 5.41) is 9.77. The summed E-state index contributed by atoms with van der Waals surface area (Å²) >= 11 is 0. The summed E-state index contributed by atoms with van der Waals surface area (Å²) in [4.78, 5) is 74.2. The van der Waals surface area contributed by atoms with Gasteiger partial charge in [0.15, 0.2) is 0 Å². The minimum atomic E-state index is -0.694. The monoisotopic (exact) mass is 854 g/mol. The Hall–Kier alpha value is -6.22. The SMILES string of the molecule is COC(=O)N[C@H](C(=O)N1[C@H]2CC[C@H](C2)[C@H]1c1nc2c(ccc3cc(-c4ccc5c(ccc6[nH]c(C7CCCN7C(=O)[C@@H](NC(=O)OC)C7CCOCC7)nc65)c4)ccc32)[nH]1)C(C)C. The second-order valence-corrected chi connectivity index (χ2v) is 18.1. The molecule has 1 saturated carbocycles. The van der Waals surface area contributed by atoms with Crippen LogP contribution < -0.4 is 10.6 Å². The Morgan fingerprint density at radius 2 is 1.37 bits per heavy atom. The second kappa shape index (κ2) is 16.5. The number of carbonyl (C=O) groups is 4. The van der Waals surface area contributed by atoms with Crippen molar-refractivity contribution in [3.63, 3.8) is 0 Å². The van der Waals surface area contributed by atoms with Gasteiger partial charge in [-0.3, -0.25) is 9.59 Å². The van der Waals surface area contributed by atoms with Crippen LogP contribution in [0.25, 0.3) is 54.7 Å². The van der Waals surface area contributed by atoms with Gasteiger partial charge < -0.3 is 44.6 Å². The highest BCUT2D eigenvalue weighted by atomic mass is 16.5. The van der Waals surface area contributed by atoms with Gasteiger partial charge in [-0.1, -0.05) is 50.2 Å². The number of nitrogens with zero attached hydrogens (tertiary/aromatic N) is 4. The van der Waals surface area contributed by atoms with E-state index in [-0.39, 0.29) is 41.8 Å². The number of rotatable bonds is 9. The maximum absolute atomic E-state index is 14.2. The summed E-state index contributed by atoms with van der Waals surface area (Å²) in [6, 6.07) is 19.5. The first-order chi connectivity index (χ1) is 30.6. The molecule has 5 heterocycles. The van der Waals surface area contributed by atoms with Gasteiger partial charge in [0.1, 0.15) is 23.7 Å². The van der Waals surface area contributed by atoms with Crippen LogP contribution in [-0.2, 0) is 23.8 Å². The number of ether oxygens (including phenoxy) is 3. The van der Waals surface area contributed by atoms with Crippen molar-refractivity contribution in [3.05, 3.63) is 72.3 Å². The summed E-state index contributed by atoms with van der Waals surface area (Å²) in [7, 11) is 2.63. The Labute approximate surface area is 364 Å². The summed E-state index contributed by atoms with van der Waals surface area (Å²) in [6.45, 7) is 5.57. The fourth-order valence-corrected chi connectivity index (χ4v) is 10.9. The summed E-state index contributed by atoms with van der Waals surface area (Å²) in [5.41, 5.74) is 5.69. The third-order valence-electron chi connectivity index (χ3n) is 14.1. The molecule has 2 aromatic heterocycles. The van der Waals surface area contributed by atoms with E-state index in [1.54, 1.807) is 0 Å². The molecule has 10 rings (SSSR count). The Morgan fingerprint density at radius 1 is 0.746 bits per heavy atom. The van der Waals surface area contributed by atoms with E-state index in [0.29, 0.717) is 38.5 Å². The number of aromatic nitrogens is 4. The Bertz CT molecular complexity index is 2760. The Morgan fingerprint density at radius 3 is 2.00 bits per heavy atom. The molecule has 4 aliphatic rings. The Balaban J connectivity index is 0.912. The number of methoxy groups -OCH3 is 2. The van der Waals surface area contributed by atoms with E-state index in [0.717, 1.165) is 98.5 Å². The normalized spacial score (nSPS) is 22.4. The first-order valence-electron chi connectivity index (χ1n) is 22.3. The van der Waals surface area contributed by atoms with Crippen LogP contribution in [0.2, 0.25) is 0 Å². The van der Waals surface area contributed by atoms with Gasteiger partial charge in [0.05, 0.1) is 48.4 Å². The molecular formula is C48H54N8O7. The zero-order valence-electron chi connectivity index (χ0n) is 36.1. The third-order valence-corrected chi connectivity index (χ3v) is 14.1. The van der Waals surface area contributed by atoms with Gasteiger partial charge in [0.2, 0.25) is 11.8 Å². The lowest BCUT2D eigenvalue weighted by molar-refractivity contribution is -0.139. The first kappa shape index (κ1) is 40.8. The molecule has 3 saturated heterocycles. The first-order valence-corrected chi connectivity index (χ1v) is 22.3. The van der Waals surface area contributed by atoms with Crippen LogP contribution in [0.15, 0.2) is 60.7 Å². The minimum Gasteiger partial charge on any atom is -0.453 e. The van der Waals surface area contributed by atoms with E-state index < -0.39 is 24.3 Å². The van der Waals surface area contributed by atoms with Crippen molar-refractivity contribution < 1.29 is 33.4 Å². The largest absolute Gasteiger partial charge is 0.453 e. The zero-order valence-corrected chi connectivity index (χ0v) is 36.1. The maximum Gasteiger partial charge on any atom is 0.407 e. The van der Waals surface area contributed by atoms with Crippen LogP contribution in [0.1, 0.15) is 82.5 Å². The summed E-state index contributed by atoms with van der Waals surface area (Å²) in [6.07, 6.45) is 4.68. The number of aromatic amines is 2. The van der Waals surface area contributed by atoms with E-state index >= 15 is 0 Å². The van der Waals surface area contributed by atoms with E-state index in [1.165, 1.54) is 14.2 Å². The van der Waals surface area contributed by atoms with Crippen molar-refractivity contribution >= 4 is 67.6 Å². The van der Waals surface area contributed by atoms with Gasteiger partial charge in [0, 0.05) is 36.6 Å². The van der Waals surface area contributed by atoms with Crippen LogP contribution in [0.5, 0.6) is 0 Å². The lowest BCUT2D eigenvalue weighted by Gasteiger charge is -2.37. The minimum absolute atomic E-state index is 0.0354. The molecule has 4 amide bonds. The maximum atomic E-state index is 14.2. The second-order valence-electron chi connectivity index (χ2n) is 18.1. The van der Waals surface area contributed by atoms with Crippen molar-refractivity contribution in [2.75, 3.05) is 34.0 Å². The van der Waals surface area contributed by atoms with Gasteiger partial charge in [0.25, 0.3) is 0 Å². The van der Waals surface area contributed by atoms with E-state index in [2.05, 4.69) is 81.3 Å². The average Bonchev–Trinajstić information content (AvgIpc) is 4.17. The smallest absolute Gasteiger partial charge is 0.407 e. The number of benzene rings is 4. The number of nitrogens with one attached hydrogen (secondary N) is 4. The number of imidazole rings is 2. The van der Waals surface area contributed by atoms with Crippen molar-refractivity contribution in [1.82, 2.24) is 40.4 Å². The van der Waals surface area contributed by atoms with Crippen molar-refractivity contribution in [2.45, 2.75) is 89.0 Å². The van der Waals surface area contributed by atoms with E-state index in [9.17, 15) is 19.2 Å². The third kappa shape index (κ3) is 7.29. The number of carbonyl (C=O) groups excluding carboxylic acids is 4. The molecule has 63 heavy (non-hydrogen) atoms. The standard InChI is InChI=1S/C48H54N8O7/c1-25(2)38(53-47(59)61-3)46(58)56-32-12-7-31(24-32)42(56)44-50-36-16-11-30-23-28(9-14-34(30)41(36)52-44)27-8-13-33-29(22-27)10-15-35-40(33)51-43(49-35)37-6-5-19-55(37)45(57)39(54-48(60)62-4)26-17-20-63-21-18-26/h8-11,13-16,22-23,25-26,31-32,37-39,42H,5-7,12,17-21,24H2,1-4H3,(H,49,51)(H,50,52)(H,53,59)(H,54,60)/t31-,32+,37?,38+,39+,42+/m1/s1. The molecule has 1 unspecified atom stereocenters. The van der Waals surface area contributed by atoms with Crippen molar-refractivity contribution in [3.8, 4) is 11.1 Å². The molecule has 6 aromatic rings. The lowest BCUT2D eigenvalue weighted by atomic mass is 9.90. The van der Waals surface area contributed by atoms with Gasteiger partial charge in [-0.05, 0) is 109 Å². The number of amides is 4. The zero-order chi connectivity index (χ0) is 43.5. The van der Waals surface area contributed by atoms with Gasteiger partial charge in [-0.15, -0.1) is 0 Å². The van der Waals surface area contributed by atoms with Gasteiger partial charge in [-0.25, -0.2) is 19.6 Å². The quantitative estimate of drug-likeness (QED) is 0.113. The lowest BCUT2D eigenvalue weighted by Crippen LogP contribution is -2.54. The predicted octanol–water partition coefficient (Wildman–Crippen LogP) is 7.66. The number of hydrogen-bond donors (Lipinski definition) is 4. The summed E-state index contributed by atoms with van der Waals surface area (Å²) in [5.74, 6) is 1.47. The van der Waals surface area contributed by atoms with Gasteiger partial charge >= 0.3 is 12.2 Å². The molecule has 328 valence electrons. The number of likely N-dealkylation sites (tertiary alicyclic amines) is 2. The van der Waals surface area contributed by atoms with Crippen LogP contribution in [-0.4, -0.2) is 106 Å². The molecule has 4 aromatic carbocycles. The molecule has 4 N–H and O–H groups in total. The molecule has 15 nitrogen and oxygen atoms in total. The van der Waals surface area contributed by atoms with Crippen LogP contribution in [0.4, 0.5) is 9.59 Å². The molecule has 4 fully saturated rings. The number of piperidine rings is 1. The van der Waals surface area contributed by atoms with E-state index in [1.807, 2.05) is 23.6 Å². The van der Waals surface area contributed by atoms with Crippen LogP contribution in [0, 0.1) is 17.8 Å². The molecule has 3 aliphatic heterocycles. The summed E-state index contributed by atoms with van der Waals surface area (Å²) < 4.78 is 15.3. The van der Waals surface area contributed by atoms with Crippen molar-refractivity contribution in [1.29, 1.82) is 0 Å². The van der Waals surface area contributed by atoms with Gasteiger partial charge in [-0.2, -0.15) is 0 Å². The predicted molar refractivity (Wildman–Crippen MR) is 238 cm³/mol. The number of hydrogen-bond acceptors (Lipinski definition) is 9. The number of H-pyrrole nitrogens is 2. The van der Waals surface area contributed by atoms with Crippen LogP contribution in [0.3, 0.4) is 0 Å². The van der Waals surface area contributed by atoms with E-state index in [4.69, 9.17) is 24.2 Å². The van der Waals surface area contributed by atoms with Crippen LogP contribution >= 0.6 is 0 Å². The average molecular weight is 855 g/mol. The number of fused-ring (bicyclic) bond motifs is 8. The highest BCUT2D eigenvalue weighted by Gasteiger charge is 2.51. The molecule has 2 bridgehead atoms.